The number of nitrogen functional groups attached to an aromatic ring is 1. The average molecular weight is 271 g/mol. The van der Waals surface area contributed by atoms with Gasteiger partial charge in [0, 0.05) is 20.6 Å². The molecule has 2 N–H and O–H groups in total. The van der Waals surface area contributed by atoms with Crippen LogP contribution in [0.2, 0.25) is 0 Å². The van der Waals surface area contributed by atoms with E-state index in [0.717, 1.165) is 17.3 Å². The van der Waals surface area contributed by atoms with Crippen molar-refractivity contribution in [2.45, 2.75) is 11.3 Å². The van der Waals surface area contributed by atoms with Crippen LogP contribution in [0.15, 0.2) is 23.1 Å². The Morgan fingerprint density at radius 2 is 2.11 bits per heavy atom. The predicted octanol–water partition coefficient (Wildman–Crippen LogP) is 0.661. The molecule has 0 unspecified atom stereocenters. The van der Waals surface area contributed by atoms with Crippen molar-refractivity contribution in [2.24, 2.45) is 0 Å². The van der Waals surface area contributed by atoms with Gasteiger partial charge in [-0.15, -0.1) is 0 Å². The third kappa shape index (κ3) is 2.29. The van der Waals surface area contributed by atoms with Crippen LogP contribution in [0.4, 0.5) is 11.4 Å². The predicted molar refractivity (Wildman–Crippen MR) is 69.6 cm³/mol. The molecule has 1 aliphatic rings. The molecule has 0 saturated carbocycles. The van der Waals surface area contributed by atoms with Gasteiger partial charge in [-0.05, 0) is 24.6 Å². The molecule has 0 amide bonds. The van der Waals surface area contributed by atoms with Gasteiger partial charge in [-0.1, -0.05) is 0 Å². The van der Waals surface area contributed by atoms with E-state index in [1.54, 1.807) is 17.2 Å². The highest BCUT2D eigenvalue weighted by Gasteiger charge is 2.21. The zero-order valence-electron chi connectivity index (χ0n) is 10.5. The molecular weight excluding hydrogens is 254 g/mol. The maximum Gasteiger partial charge on any atom is 0.242 e. The normalized spacial score (nSPS) is 16.5. The van der Waals surface area contributed by atoms with Crippen molar-refractivity contribution < 1.29 is 13.3 Å². The van der Waals surface area contributed by atoms with Gasteiger partial charge in [0.05, 0.1) is 22.9 Å². The third-order valence-electron chi connectivity index (χ3n) is 2.80. The van der Waals surface area contributed by atoms with E-state index < -0.39 is 10.0 Å². The first-order valence-electron chi connectivity index (χ1n) is 5.65. The summed E-state index contributed by atoms with van der Waals surface area (Å²) in [4.78, 5) is 5.57. The van der Waals surface area contributed by atoms with E-state index in [1.807, 2.05) is 0 Å². The standard InChI is InChI=1S/C11H17N3O3S/c1-13(2)18(15,16)9-4-5-11(10(12)8-9)14-6-3-7-17-14/h4-5,8H,3,6-7,12H2,1-2H3. The number of nitrogens with zero attached hydrogens (tertiary/aromatic N) is 2. The Labute approximate surface area is 107 Å². The first-order chi connectivity index (χ1) is 8.43. The van der Waals surface area contributed by atoms with Gasteiger partial charge in [-0.2, -0.15) is 0 Å². The fourth-order valence-corrected chi connectivity index (χ4v) is 2.71. The second kappa shape index (κ2) is 4.75. The van der Waals surface area contributed by atoms with Crippen LogP contribution in [0.5, 0.6) is 0 Å². The van der Waals surface area contributed by atoms with Gasteiger partial charge in [0.2, 0.25) is 10.0 Å². The Morgan fingerprint density at radius 1 is 1.39 bits per heavy atom. The molecule has 0 radical (unpaired) electrons. The smallest absolute Gasteiger partial charge is 0.242 e. The summed E-state index contributed by atoms with van der Waals surface area (Å²) in [6.07, 6.45) is 0.942. The summed E-state index contributed by atoms with van der Waals surface area (Å²) in [5, 5.41) is 1.70. The molecule has 1 fully saturated rings. The molecule has 0 aromatic heterocycles. The van der Waals surface area contributed by atoms with Gasteiger partial charge in [-0.25, -0.2) is 12.7 Å². The first kappa shape index (κ1) is 13.1. The Balaban J connectivity index is 2.36. The molecule has 100 valence electrons. The van der Waals surface area contributed by atoms with E-state index in [1.165, 1.54) is 20.2 Å². The van der Waals surface area contributed by atoms with Crippen molar-refractivity contribution in [1.82, 2.24) is 4.31 Å². The van der Waals surface area contributed by atoms with Gasteiger partial charge < -0.3 is 5.73 Å². The van der Waals surface area contributed by atoms with Crippen LogP contribution in [0.25, 0.3) is 0 Å². The molecule has 2 rings (SSSR count). The lowest BCUT2D eigenvalue weighted by molar-refractivity contribution is 0.168. The molecule has 6 nitrogen and oxygen atoms in total. The van der Waals surface area contributed by atoms with Crippen molar-refractivity contribution in [3.63, 3.8) is 0 Å². The fourth-order valence-electron chi connectivity index (χ4n) is 1.77. The van der Waals surface area contributed by atoms with Crippen molar-refractivity contribution in [1.29, 1.82) is 0 Å². The highest BCUT2D eigenvalue weighted by molar-refractivity contribution is 7.89. The number of hydrogen-bond donors (Lipinski definition) is 1. The maximum absolute atomic E-state index is 11.9. The third-order valence-corrected chi connectivity index (χ3v) is 4.61. The molecule has 18 heavy (non-hydrogen) atoms. The van der Waals surface area contributed by atoms with Crippen molar-refractivity contribution in [2.75, 3.05) is 38.0 Å². The fraction of sp³-hybridized carbons (Fsp3) is 0.455. The van der Waals surface area contributed by atoms with Gasteiger partial charge in [-0.3, -0.25) is 9.90 Å². The first-order valence-corrected chi connectivity index (χ1v) is 7.09. The summed E-state index contributed by atoms with van der Waals surface area (Å²) in [6.45, 7) is 1.43. The highest BCUT2D eigenvalue weighted by Crippen LogP contribution is 2.29. The lowest BCUT2D eigenvalue weighted by atomic mass is 10.2. The van der Waals surface area contributed by atoms with Crippen LogP contribution in [0.1, 0.15) is 6.42 Å². The lowest BCUT2D eigenvalue weighted by Gasteiger charge is -2.19. The Bertz CT molecular complexity index is 536. The minimum atomic E-state index is -3.45. The number of rotatable bonds is 3. The topological polar surface area (TPSA) is 75.9 Å². The minimum Gasteiger partial charge on any atom is -0.397 e. The highest BCUT2D eigenvalue weighted by atomic mass is 32.2. The van der Waals surface area contributed by atoms with Crippen LogP contribution in [0, 0.1) is 0 Å². The number of nitrogens with two attached hydrogens (primary N) is 1. The molecule has 1 saturated heterocycles. The summed E-state index contributed by atoms with van der Waals surface area (Å²) >= 11 is 0. The molecule has 7 heteroatoms. The summed E-state index contributed by atoms with van der Waals surface area (Å²) in [6, 6.07) is 4.69. The Hall–Kier alpha value is -1.31. The Morgan fingerprint density at radius 3 is 2.61 bits per heavy atom. The zero-order chi connectivity index (χ0) is 13.3. The zero-order valence-corrected chi connectivity index (χ0v) is 11.3. The van der Waals surface area contributed by atoms with Gasteiger partial charge in [0.1, 0.15) is 0 Å². The number of hydroxylamine groups is 1. The van der Waals surface area contributed by atoms with E-state index >= 15 is 0 Å². The largest absolute Gasteiger partial charge is 0.397 e. The average Bonchev–Trinajstić information content (AvgIpc) is 2.82. The van der Waals surface area contributed by atoms with Crippen LogP contribution < -0.4 is 10.8 Å². The van der Waals surface area contributed by atoms with E-state index in [0.29, 0.717) is 18.0 Å². The van der Waals surface area contributed by atoms with Crippen LogP contribution in [-0.4, -0.2) is 40.0 Å². The van der Waals surface area contributed by atoms with Gasteiger partial charge in [0.15, 0.2) is 0 Å². The number of benzene rings is 1. The lowest BCUT2D eigenvalue weighted by Crippen LogP contribution is -2.23. The van der Waals surface area contributed by atoms with E-state index in [-0.39, 0.29) is 4.90 Å². The molecule has 0 bridgehead atoms. The molecule has 1 aromatic carbocycles. The van der Waals surface area contributed by atoms with Crippen LogP contribution in [-0.2, 0) is 14.9 Å². The molecule has 1 aromatic rings. The molecular formula is C11H17N3O3S. The second-order valence-corrected chi connectivity index (χ2v) is 6.45. The van der Waals surface area contributed by atoms with Crippen molar-refractivity contribution >= 4 is 21.4 Å². The summed E-state index contributed by atoms with van der Waals surface area (Å²) in [5.41, 5.74) is 7.01. The van der Waals surface area contributed by atoms with E-state index in [9.17, 15) is 8.42 Å². The summed E-state index contributed by atoms with van der Waals surface area (Å²) in [7, 11) is -0.467. The second-order valence-electron chi connectivity index (χ2n) is 4.30. The SMILES string of the molecule is CN(C)S(=O)(=O)c1ccc(N2CCCO2)c(N)c1. The number of anilines is 2. The van der Waals surface area contributed by atoms with E-state index in [2.05, 4.69) is 0 Å². The quantitative estimate of drug-likeness (QED) is 0.817. The van der Waals surface area contributed by atoms with Crippen molar-refractivity contribution in [3.05, 3.63) is 18.2 Å². The number of sulfonamides is 1. The van der Waals surface area contributed by atoms with Gasteiger partial charge in [0.25, 0.3) is 0 Å². The van der Waals surface area contributed by atoms with Crippen molar-refractivity contribution in [3.8, 4) is 0 Å². The maximum atomic E-state index is 11.9. The van der Waals surface area contributed by atoms with E-state index in [4.69, 9.17) is 10.6 Å². The van der Waals surface area contributed by atoms with Gasteiger partial charge >= 0.3 is 0 Å². The number of hydrogen-bond acceptors (Lipinski definition) is 5. The van der Waals surface area contributed by atoms with Crippen LogP contribution in [0.3, 0.4) is 0 Å². The Kier molecular flexibility index (Phi) is 3.47. The summed E-state index contributed by atoms with van der Waals surface area (Å²) < 4.78 is 25.0. The molecule has 0 aliphatic carbocycles. The molecule has 0 atom stereocenters. The minimum absolute atomic E-state index is 0.188. The monoisotopic (exact) mass is 271 g/mol. The molecule has 1 heterocycles. The molecule has 0 spiro atoms. The summed E-state index contributed by atoms with van der Waals surface area (Å²) in [5.74, 6) is 0. The molecule has 1 aliphatic heterocycles. The van der Waals surface area contributed by atoms with Crippen LogP contribution >= 0.6 is 0 Å².